The molecule has 1 aromatic rings. The van der Waals surface area contributed by atoms with Crippen LogP contribution in [0.3, 0.4) is 0 Å². The van der Waals surface area contributed by atoms with Crippen LogP contribution in [0.5, 0.6) is 0 Å². The number of hydrogen-bond acceptors (Lipinski definition) is 5. The van der Waals surface area contributed by atoms with Crippen LogP contribution in [0.1, 0.15) is 5.56 Å². The Hall–Kier alpha value is -0.710. The average Bonchev–Trinajstić information content (AvgIpc) is 2.38. The predicted molar refractivity (Wildman–Crippen MR) is 63.8 cm³/mol. The fourth-order valence-corrected chi connectivity index (χ4v) is 2.57. The third-order valence-electron chi connectivity index (χ3n) is 2.46. The summed E-state index contributed by atoms with van der Waals surface area (Å²) in [5.41, 5.74) is 0.831. The molecule has 6 heteroatoms. The van der Waals surface area contributed by atoms with Crippen molar-refractivity contribution in [1.82, 2.24) is 0 Å². The van der Waals surface area contributed by atoms with Gasteiger partial charge >= 0.3 is 7.60 Å². The molecular formula is C11H17O5P. The van der Waals surface area contributed by atoms with Crippen LogP contribution in [0.25, 0.3) is 0 Å². The van der Waals surface area contributed by atoms with Gasteiger partial charge in [0.05, 0.1) is 6.10 Å². The molecule has 0 saturated heterocycles. The Balaban J connectivity index is 2.71. The van der Waals surface area contributed by atoms with E-state index >= 15 is 0 Å². The molecule has 0 radical (unpaired) electrons. The molecule has 0 bridgehead atoms. The van der Waals surface area contributed by atoms with Gasteiger partial charge in [-0.2, -0.15) is 0 Å². The van der Waals surface area contributed by atoms with Gasteiger partial charge in [0, 0.05) is 20.6 Å². The van der Waals surface area contributed by atoms with Crippen molar-refractivity contribution in [1.29, 1.82) is 0 Å². The lowest BCUT2D eigenvalue weighted by Crippen LogP contribution is -2.29. The van der Waals surface area contributed by atoms with Gasteiger partial charge in [0.1, 0.15) is 0 Å². The maximum Gasteiger partial charge on any atom is 0.361 e. The minimum atomic E-state index is -3.66. The number of aliphatic hydroxyl groups excluding tert-OH is 2. The first-order valence-electron chi connectivity index (χ1n) is 5.14. The highest BCUT2D eigenvalue weighted by Crippen LogP contribution is 2.51. The predicted octanol–water partition coefficient (Wildman–Crippen LogP) is 1.39. The molecule has 0 fully saturated rings. The van der Waals surface area contributed by atoms with Crippen molar-refractivity contribution in [3.63, 3.8) is 0 Å². The van der Waals surface area contributed by atoms with Crippen molar-refractivity contribution in [2.45, 2.75) is 18.4 Å². The van der Waals surface area contributed by atoms with E-state index in [4.69, 9.17) is 0 Å². The second kappa shape index (κ2) is 6.28. The van der Waals surface area contributed by atoms with Crippen LogP contribution in [0, 0.1) is 0 Å². The molecule has 0 amide bonds. The third kappa shape index (κ3) is 3.63. The van der Waals surface area contributed by atoms with Gasteiger partial charge in [0.25, 0.3) is 0 Å². The fraction of sp³-hybridized carbons (Fsp3) is 0.455. The maximum atomic E-state index is 11.8. The van der Waals surface area contributed by atoms with Crippen LogP contribution in [0.2, 0.25) is 0 Å². The Morgan fingerprint density at radius 1 is 1.18 bits per heavy atom. The van der Waals surface area contributed by atoms with Crippen molar-refractivity contribution in [2.24, 2.45) is 0 Å². The summed E-state index contributed by atoms with van der Waals surface area (Å²) in [6.45, 7) is 0. The van der Waals surface area contributed by atoms with Crippen LogP contribution in [0.15, 0.2) is 30.3 Å². The number of benzene rings is 1. The number of hydrogen-bond donors (Lipinski definition) is 2. The monoisotopic (exact) mass is 260 g/mol. The first kappa shape index (κ1) is 14.4. The van der Waals surface area contributed by atoms with E-state index in [2.05, 4.69) is 9.05 Å². The quantitative estimate of drug-likeness (QED) is 0.756. The summed E-state index contributed by atoms with van der Waals surface area (Å²) in [6.07, 6.45) is -1.03. The van der Waals surface area contributed by atoms with E-state index in [0.717, 1.165) is 5.56 Å². The van der Waals surface area contributed by atoms with Gasteiger partial charge in [-0.15, -0.1) is 0 Å². The summed E-state index contributed by atoms with van der Waals surface area (Å²) < 4.78 is 21.1. The molecule has 0 spiro atoms. The van der Waals surface area contributed by atoms with Gasteiger partial charge in [-0.3, -0.25) is 4.57 Å². The molecule has 2 N–H and O–H groups in total. The zero-order valence-corrected chi connectivity index (χ0v) is 10.7. The van der Waals surface area contributed by atoms with Gasteiger partial charge in [-0.1, -0.05) is 30.3 Å². The first-order valence-corrected chi connectivity index (χ1v) is 6.76. The molecule has 0 heterocycles. The minimum Gasteiger partial charge on any atom is -0.389 e. The van der Waals surface area contributed by atoms with Gasteiger partial charge in [0.15, 0.2) is 5.85 Å². The average molecular weight is 260 g/mol. The zero-order chi connectivity index (χ0) is 12.9. The highest BCUT2D eigenvalue weighted by Gasteiger charge is 2.37. The Bertz CT molecular complexity index is 373. The van der Waals surface area contributed by atoms with Crippen LogP contribution in [-0.4, -0.2) is 36.4 Å². The van der Waals surface area contributed by atoms with E-state index < -0.39 is 19.5 Å². The second-order valence-corrected chi connectivity index (χ2v) is 5.91. The van der Waals surface area contributed by atoms with E-state index in [0.29, 0.717) is 0 Å². The summed E-state index contributed by atoms with van der Waals surface area (Å²) in [7, 11) is -1.32. The Labute approximate surface area is 101 Å². The van der Waals surface area contributed by atoms with Gasteiger partial charge in [-0.05, 0) is 5.56 Å². The smallest absolute Gasteiger partial charge is 0.361 e. The highest BCUT2D eigenvalue weighted by atomic mass is 31.2. The van der Waals surface area contributed by atoms with E-state index in [1.165, 1.54) is 14.2 Å². The van der Waals surface area contributed by atoms with Crippen LogP contribution < -0.4 is 0 Å². The van der Waals surface area contributed by atoms with E-state index in [1.54, 1.807) is 12.1 Å². The van der Waals surface area contributed by atoms with E-state index in [1.807, 2.05) is 18.2 Å². The zero-order valence-electron chi connectivity index (χ0n) is 9.81. The Kier molecular flexibility index (Phi) is 5.31. The lowest BCUT2D eigenvalue weighted by Gasteiger charge is -2.23. The summed E-state index contributed by atoms with van der Waals surface area (Å²) in [5.74, 6) is -1.56. The topological polar surface area (TPSA) is 76.0 Å². The van der Waals surface area contributed by atoms with Crippen molar-refractivity contribution < 1.29 is 23.8 Å². The van der Waals surface area contributed by atoms with Crippen LogP contribution >= 0.6 is 7.60 Å². The molecule has 0 saturated carbocycles. The van der Waals surface area contributed by atoms with Crippen molar-refractivity contribution >= 4 is 7.60 Å². The van der Waals surface area contributed by atoms with Crippen molar-refractivity contribution in [3.8, 4) is 0 Å². The molecule has 1 rings (SSSR count). The normalized spacial score (nSPS) is 15.5. The molecule has 0 aliphatic rings. The molecule has 0 unspecified atom stereocenters. The minimum absolute atomic E-state index is 0.179. The fourth-order valence-electron chi connectivity index (χ4n) is 1.46. The summed E-state index contributed by atoms with van der Waals surface area (Å²) >= 11 is 0. The van der Waals surface area contributed by atoms with Crippen LogP contribution in [-0.2, 0) is 20.0 Å². The lowest BCUT2D eigenvalue weighted by atomic mass is 10.1. The lowest BCUT2D eigenvalue weighted by molar-refractivity contribution is 0.0464. The molecule has 17 heavy (non-hydrogen) atoms. The first-order chi connectivity index (χ1) is 8.03. The second-order valence-electron chi connectivity index (χ2n) is 3.58. The molecule has 2 atom stereocenters. The van der Waals surface area contributed by atoms with Gasteiger partial charge in [0.2, 0.25) is 0 Å². The van der Waals surface area contributed by atoms with Crippen LogP contribution in [0.4, 0.5) is 0 Å². The van der Waals surface area contributed by atoms with E-state index in [9.17, 15) is 14.8 Å². The molecule has 0 aliphatic heterocycles. The maximum absolute atomic E-state index is 11.8. The largest absolute Gasteiger partial charge is 0.389 e. The highest BCUT2D eigenvalue weighted by molar-refractivity contribution is 7.54. The molecular weight excluding hydrogens is 243 g/mol. The Morgan fingerprint density at radius 2 is 1.71 bits per heavy atom. The summed E-state index contributed by atoms with van der Waals surface area (Å²) in [6, 6.07) is 9.10. The molecule has 1 aromatic carbocycles. The third-order valence-corrected chi connectivity index (χ3v) is 4.47. The SMILES string of the molecule is COP(=O)(OC)[C@H](O)[C@@H](O)Cc1ccccc1. The molecule has 5 nitrogen and oxygen atoms in total. The molecule has 0 aliphatic carbocycles. The standard InChI is InChI=1S/C11H17O5P/c1-15-17(14,16-2)11(13)10(12)8-9-6-4-3-5-7-9/h3-7,10-13H,8H2,1-2H3/t10-,11-/m0/s1. The van der Waals surface area contributed by atoms with E-state index in [-0.39, 0.29) is 6.42 Å². The number of rotatable bonds is 6. The summed E-state index contributed by atoms with van der Waals surface area (Å²) in [4.78, 5) is 0. The summed E-state index contributed by atoms with van der Waals surface area (Å²) in [5, 5.41) is 19.5. The molecule has 96 valence electrons. The van der Waals surface area contributed by atoms with Crippen molar-refractivity contribution in [2.75, 3.05) is 14.2 Å². The Morgan fingerprint density at radius 3 is 2.18 bits per heavy atom. The van der Waals surface area contributed by atoms with Gasteiger partial charge < -0.3 is 19.3 Å². The number of aliphatic hydroxyl groups is 2. The van der Waals surface area contributed by atoms with Gasteiger partial charge in [-0.25, -0.2) is 0 Å². The van der Waals surface area contributed by atoms with Crippen molar-refractivity contribution in [3.05, 3.63) is 35.9 Å². The molecule has 0 aromatic heterocycles.